The Morgan fingerprint density at radius 1 is 1.20 bits per heavy atom. The molecule has 0 unspecified atom stereocenters. The minimum atomic E-state index is -3.75. The molecule has 0 radical (unpaired) electrons. The number of nitriles is 1. The largest absolute Gasteiger partial charge is 0.337 e. The van der Waals surface area contributed by atoms with Crippen LogP contribution < -0.4 is 5.14 Å². The quantitative estimate of drug-likeness (QED) is 0.470. The van der Waals surface area contributed by atoms with Gasteiger partial charge in [-0.2, -0.15) is 5.26 Å². The Hall–Kier alpha value is -3.38. The molecule has 0 fully saturated rings. The fourth-order valence-electron chi connectivity index (χ4n) is 3.10. The van der Waals surface area contributed by atoms with Gasteiger partial charge in [0.2, 0.25) is 10.0 Å². The molecule has 2 aromatic carbocycles. The molecule has 30 heavy (non-hydrogen) atoms. The predicted octanol–water partition coefficient (Wildman–Crippen LogP) is 3.80. The normalized spacial score (nSPS) is 11.8. The number of rotatable bonds is 4. The van der Waals surface area contributed by atoms with Crippen molar-refractivity contribution in [3.05, 3.63) is 77.9 Å². The summed E-state index contributed by atoms with van der Waals surface area (Å²) >= 11 is 0. The van der Waals surface area contributed by atoms with Gasteiger partial charge in [0.25, 0.3) is 0 Å². The second-order valence-corrected chi connectivity index (χ2v) is 8.18. The summed E-state index contributed by atoms with van der Waals surface area (Å²) in [5.41, 5.74) is 4.65. The average Bonchev–Trinajstić information content (AvgIpc) is 3.31. The molecule has 2 heterocycles. The van der Waals surface area contributed by atoms with E-state index < -0.39 is 10.0 Å². The molecule has 9 heteroatoms. The Labute approximate surface area is 179 Å². The number of aromatic nitrogens is 3. The predicted molar refractivity (Wildman–Crippen MR) is 119 cm³/mol. The van der Waals surface area contributed by atoms with Gasteiger partial charge in [-0.3, -0.25) is 0 Å². The molecule has 152 valence electrons. The van der Waals surface area contributed by atoms with Crippen molar-refractivity contribution in [2.45, 2.75) is 11.8 Å². The first kappa shape index (κ1) is 21.3. The fraction of sp³-hybridized carbons (Fsp3) is 0.0476. The maximum atomic E-state index is 11.4. The van der Waals surface area contributed by atoms with Crippen molar-refractivity contribution in [2.24, 2.45) is 5.14 Å². The number of nitrogens with zero attached hydrogens (tertiary/aromatic N) is 3. The molecule has 7 nitrogen and oxygen atoms in total. The van der Waals surface area contributed by atoms with Gasteiger partial charge < -0.3 is 9.55 Å². The SMILES string of the molecule is Cc1ccc2nc(/C(C#N)=C/c3cccn3-c3ccc(S(N)(=O)=O)cc3)[nH]c2c1.Cl. The molecule has 0 aliphatic rings. The summed E-state index contributed by atoms with van der Waals surface area (Å²) < 4.78 is 24.7. The van der Waals surface area contributed by atoms with Crippen molar-refractivity contribution in [1.29, 1.82) is 5.26 Å². The van der Waals surface area contributed by atoms with Crippen LogP contribution in [-0.2, 0) is 10.0 Å². The summed E-state index contributed by atoms with van der Waals surface area (Å²) in [6.07, 6.45) is 3.56. The minimum Gasteiger partial charge on any atom is -0.337 e. The van der Waals surface area contributed by atoms with E-state index in [-0.39, 0.29) is 17.3 Å². The van der Waals surface area contributed by atoms with E-state index in [9.17, 15) is 13.7 Å². The number of sulfonamides is 1. The molecule has 0 atom stereocenters. The number of nitrogens with one attached hydrogen (secondary N) is 1. The van der Waals surface area contributed by atoms with E-state index in [1.807, 2.05) is 48.0 Å². The molecule has 0 bridgehead atoms. The second-order valence-electron chi connectivity index (χ2n) is 6.62. The number of aryl methyl sites for hydroxylation is 1. The molecule has 0 saturated heterocycles. The molecule has 2 aromatic heterocycles. The van der Waals surface area contributed by atoms with Crippen molar-refractivity contribution in [2.75, 3.05) is 0 Å². The van der Waals surface area contributed by atoms with Crippen molar-refractivity contribution in [1.82, 2.24) is 14.5 Å². The smallest absolute Gasteiger partial charge is 0.238 e. The van der Waals surface area contributed by atoms with Crippen molar-refractivity contribution >= 4 is 45.1 Å². The number of imidazole rings is 1. The number of allylic oxidation sites excluding steroid dienone is 1. The zero-order valence-electron chi connectivity index (χ0n) is 15.9. The van der Waals surface area contributed by atoms with E-state index in [2.05, 4.69) is 16.0 Å². The molecule has 0 aliphatic heterocycles. The summed E-state index contributed by atoms with van der Waals surface area (Å²) in [7, 11) is -3.75. The van der Waals surface area contributed by atoms with Crippen molar-refractivity contribution in [3.63, 3.8) is 0 Å². The average molecular weight is 440 g/mol. The molecular formula is C21H18ClN5O2S. The molecular weight excluding hydrogens is 422 g/mol. The maximum Gasteiger partial charge on any atom is 0.238 e. The van der Waals surface area contributed by atoms with Gasteiger partial charge in [-0.1, -0.05) is 6.07 Å². The van der Waals surface area contributed by atoms with Crippen LogP contribution in [0.4, 0.5) is 0 Å². The highest BCUT2D eigenvalue weighted by atomic mass is 35.5. The Morgan fingerprint density at radius 2 is 1.93 bits per heavy atom. The number of hydrogen-bond acceptors (Lipinski definition) is 4. The van der Waals surface area contributed by atoms with E-state index >= 15 is 0 Å². The highest BCUT2D eigenvalue weighted by molar-refractivity contribution is 7.89. The van der Waals surface area contributed by atoms with Crippen LogP contribution in [0.3, 0.4) is 0 Å². The fourth-order valence-corrected chi connectivity index (χ4v) is 3.61. The third-order valence-corrected chi connectivity index (χ3v) is 5.46. The number of nitrogens with two attached hydrogens (primary N) is 1. The number of H-pyrrole nitrogens is 1. The van der Waals surface area contributed by atoms with Crippen LogP contribution in [0.1, 0.15) is 17.1 Å². The lowest BCUT2D eigenvalue weighted by atomic mass is 10.2. The zero-order chi connectivity index (χ0) is 20.6. The molecule has 4 rings (SSSR count). The monoisotopic (exact) mass is 439 g/mol. The summed E-state index contributed by atoms with van der Waals surface area (Å²) in [5, 5.41) is 14.8. The molecule has 0 saturated carbocycles. The van der Waals surface area contributed by atoms with E-state index in [4.69, 9.17) is 5.14 Å². The summed E-state index contributed by atoms with van der Waals surface area (Å²) in [5.74, 6) is 0.491. The Balaban J connectivity index is 0.00000256. The van der Waals surface area contributed by atoms with E-state index in [0.29, 0.717) is 11.4 Å². The van der Waals surface area contributed by atoms with Crippen LogP contribution in [0.5, 0.6) is 0 Å². The van der Waals surface area contributed by atoms with Gasteiger partial charge in [-0.15, -0.1) is 12.4 Å². The van der Waals surface area contributed by atoms with Crippen LogP contribution in [0, 0.1) is 18.3 Å². The van der Waals surface area contributed by atoms with Gasteiger partial charge in [0.15, 0.2) is 0 Å². The standard InChI is InChI=1S/C21H17N5O2S.ClH/c1-14-4-9-19-20(11-14)25-21(24-19)15(13-22)12-17-3-2-10-26(17)16-5-7-18(8-6-16)29(23,27)28;/h2-12H,1H3,(H,24,25)(H2,23,27,28);1H/b15-12+;. The van der Waals surface area contributed by atoms with Gasteiger partial charge in [0, 0.05) is 17.6 Å². The summed E-state index contributed by atoms with van der Waals surface area (Å²) in [6, 6.07) is 18.0. The number of fused-ring (bicyclic) bond motifs is 1. The first-order chi connectivity index (χ1) is 13.8. The lowest BCUT2D eigenvalue weighted by Gasteiger charge is -2.08. The highest BCUT2D eigenvalue weighted by Gasteiger charge is 2.11. The Kier molecular flexibility index (Phi) is 5.80. The van der Waals surface area contributed by atoms with E-state index in [1.54, 1.807) is 18.2 Å². The number of halogens is 1. The number of benzene rings is 2. The number of hydrogen-bond donors (Lipinski definition) is 2. The van der Waals surface area contributed by atoms with Crippen LogP contribution in [0.2, 0.25) is 0 Å². The van der Waals surface area contributed by atoms with Crippen LogP contribution in [-0.4, -0.2) is 23.0 Å². The number of aromatic amines is 1. The van der Waals surface area contributed by atoms with Gasteiger partial charge in [0.1, 0.15) is 11.9 Å². The second kappa shape index (κ2) is 8.16. The van der Waals surface area contributed by atoms with Crippen LogP contribution >= 0.6 is 12.4 Å². The van der Waals surface area contributed by atoms with Crippen LogP contribution in [0.25, 0.3) is 28.4 Å². The first-order valence-electron chi connectivity index (χ1n) is 8.74. The molecule has 3 N–H and O–H groups in total. The third kappa shape index (κ3) is 4.14. The molecule has 0 spiro atoms. The lowest BCUT2D eigenvalue weighted by molar-refractivity contribution is 0.598. The van der Waals surface area contributed by atoms with Crippen LogP contribution in [0.15, 0.2) is 65.7 Å². The Bertz CT molecular complexity index is 1390. The first-order valence-corrected chi connectivity index (χ1v) is 10.3. The van der Waals surface area contributed by atoms with Gasteiger partial charge in [-0.05, 0) is 67.1 Å². The van der Waals surface area contributed by atoms with Gasteiger partial charge in [-0.25, -0.2) is 18.5 Å². The summed E-state index contributed by atoms with van der Waals surface area (Å²) in [4.78, 5) is 7.74. The van der Waals surface area contributed by atoms with E-state index in [1.165, 1.54) is 12.1 Å². The van der Waals surface area contributed by atoms with E-state index in [0.717, 1.165) is 28.0 Å². The molecule has 4 aromatic rings. The van der Waals surface area contributed by atoms with Crippen molar-refractivity contribution in [3.8, 4) is 11.8 Å². The van der Waals surface area contributed by atoms with Gasteiger partial charge in [0.05, 0.1) is 21.5 Å². The Morgan fingerprint density at radius 3 is 2.60 bits per heavy atom. The lowest BCUT2D eigenvalue weighted by Crippen LogP contribution is -2.12. The zero-order valence-corrected chi connectivity index (χ0v) is 17.5. The topological polar surface area (TPSA) is 118 Å². The minimum absolute atomic E-state index is 0. The third-order valence-electron chi connectivity index (χ3n) is 4.53. The number of primary sulfonamides is 1. The summed E-state index contributed by atoms with van der Waals surface area (Å²) in [6.45, 7) is 2.00. The molecule has 0 amide bonds. The highest BCUT2D eigenvalue weighted by Crippen LogP contribution is 2.22. The molecule has 0 aliphatic carbocycles. The van der Waals surface area contributed by atoms with Crippen molar-refractivity contribution < 1.29 is 8.42 Å². The van der Waals surface area contributed by atoms with Gasteiger partial charge >= 0.3 is 0 Å². The maximum absolute atomic E-state index is 11.4.